The maximum Gasteiger partial charge on any atom is 0.246 e. The van der Waals surface area contributed by atoms with Crippen molar-refractivity contribution in [2.75, 3.05) is 52.4 Å². The van der Waals surface area contributed by atoms with Gasteiger partial charge in [0.2, 0.25) is 11.7 Å². The summed E-state index contributed by atoms with van der Waals surface area (Å²) in [4.78, 5) is 21.0. The van der Waals surface area contributed by atoms with E-state index in [-0.39, 0.29) is 11.7 Å². The van der Waals surface area contributed by atoms with E-state index in [0.717, 1.165) is 15.4 Å². The Hall–Kier alpha value is -3.33. The van der Waals surface area contributed by atoms with Gasteiger partial charge < -0.3 is 24.0 Å². The predicted octanol–water partition coefficient (Wildman–Crippen LogP) is 3.82. The Bertz CT molecular complexity index is 1130. The van der Waals surface area contributed by atoms with Gasteiger partial charge in [0.25, 0.3) is 0 Å². The molecular formula is C23H24FN3O4S. The molecule has 1 amide bonds. The summed E-state index contributed by atoms with van der Waals surface area (Å²) in [5.74, 6) is 1.17. The SMILES string of the molecule is COc1cc(/C=C\C(=O)N2CCN(c3nc4c(F)cccc4s3)CC2)cc(OC)c1OC. The highest BCUT2D eigenvalue weighted by molar-refractivity contribution is 7.22. The normalized spacial score (nSPS) is 14.2. The molecule has 0 radical (unpaired) electrons. The summed E-state index contributed by atoms with van der Waals surface area (Å²) in [7, 11) is 4.65. The standard InChI is InChI=1S/C23H24FN3O4S/c1-29-17-13-15(14-18(30-2)22(17)31-3)7-8-20(28)26-9-11-27(12-10-26)23-25-21-16(24)5-4-6-19(21)32-23/h4-8,13-14H,9-12H2,1-3H3/b8-7-. The molecule has 0 bridgehead atoms. The van der Waals surface area contributed by atoms with Crippen LogP contribution in [0.25, 0.3) is 16.3 Å². The van der Waals surface area contributed by atoms with Crippen molar-refractivity contribution in [3.05, 3.63) is 47.8 Å². The number of halogens is 1. The van der Waals surface area contributed by atoms with E-state index >= 15 is 0 Å². The number of carbonyl (C=O) groups excluding carboxylic acids is 1. The van der Waals surface area contributed by atoms with Crippen LogP contribution >= 0.6 is 11.3 Å². The van der Waals surface area contributed by atoms with Crippen LogP contribution < -0.4 is 19.1 Å². The molecule has 1 fully saturated rings. The minimum Gasteiger partial charge on any atom is -0.493 e. The third-order valence-electron chi connectivity index (χ3n) is 5.33. The summed E-state index contributed by atoms with van der Waals surface area (Å²) in [5.41, 5.74) is 1.17. The van der Waals surface area contributed by atoms with Gasteiger partial charge in [0, 0.05) is 32.3 Å². The topological polar surface area (TPSA) is 64.1 Å². The number of benzene rings is 2. The number of anilines is 1. The molecule has 4 rings (SSSR count). The Morgan fingerprint density at radius 3 is 2.34 bits per heavy atom. The van der Waals surface area contributed by atoms with E-state index in [1.165, 1.54) is 17.4 Å². The number of amides is 1. The average Bonchev–Trinajstić information content (AvgIpc) is 3.27. The van der Waals surface area contributed by atoms with Gasteiger partial charge in [-0.1, -0.05) is 17.4 Å². The van der Waals surface area contributed by atoms with Crippen molar-refractivity contribution in [2.24, 2.45) is 0 Å². The number of aromatic nitrogens is 1. The molecule has 168 valence electrons. The van der Waals surface area contributed by atoms with Crippen molar-refractivity contribution >= 4 is 38.7 Å². The molecule has 2 heterocycles. The summed E-state index contributed by atoms with van der Waals surface area (Å²) in [5, 5.41) is 0.783. The molecule has 0 atom stereocenters. The molecule has 1 aromatic heterocycles. The van der Waals surface area contributed by atoms with Crippen LogP contribution in [0.15, 0.2) is 36.4 Å². The fraction of sp³-hybridized carbons (Fsp3) is 0.304. The van der Waals surface area contributed by atoms with Crippen molar-refractivity contribution in [1.82, 2.24) is 9.88 Å². The van der Waals surface area contributed by atoms with E-state index < -0.39 is 0 Å². The lowest BCUT2D eigenvalue weighted by atomic mass is 10.1. The fourth-order valence-corrected chi connectivity index (χ4v) is 4.66. The zero-order valence-electron chi connectivity index (χ0n) is 18.1. The van der Waals surface area contributed by atoms with Crippen molar-refractivity contribution in [1.29, 1.82) is 0 Å². The van der Waals surface area contributed by atoms with Gasteiger partial charge in [-0.15, -0.1) is 0 Å². The number of piperazine rings is 1. The van der Waals surface area contributed by atoms with Gasteiger partial charge in [-0.25, -0.2) is 9.37 Å². The molecule has 0 saturated carbocycles. The summed E-state index contributed by atoms with van der Waals surface area (Å²) in [6.07, 6.45) is 3.28. The van der Waals surface area contributed by atoms with E-state index in [0.29, 0.717) is 48.9 Å². The first-order valence-electron chi connectivity index (χ1n) is 10.1. The number of rotatable bonds is 6. The monoisotopic (exact) mass is 457 g/mol. The van der Waals surface area contributed by atoms with Gasteiger partial charge >= 0.3 is 0 Å². The first kappa shape index (κ1) is 21.9. The summed E-state index contributed by atoms with van der Waals surface area (Å²) in [6, 6.07) is 8.55. The third-order valence-corrected chi connectivity index (χ3v) is 6.41. The Morgan fingerprint density at radius 1 is 1.06 bits per heavy atom. The molecule has 0 N–H and O–H groups in total. The van der Waals surface area contributed by atoms with Crippen LogP contribution in [-0.2, 0) is 4.79 Å². The minimum absolute atomic E-state index is 0.0752. The van der Waals surface area contributed by atoms with Crippen molar-refractivity contribution in [3.8, 4) is 17.2 Å². The molecule has 0 aliphatic carbocycles. The van der Waals surface area contributed by atoms with Gasteiger partial charge in [-0.05, 0) is 35.9 Å². The molecule has 9 heteroatoms. The lowest BCUT2D eigenvalue weighted by Crippen LogP contribution is -2.48. The van der Waals surface area contributed by atoms with Crippen LogP contribution in [0.2, 0.25) is 0 Å². The van der Waals surface area contributed by atoms with Crippen LogP contribution in [0.3, 0.4) is 0 Å². The number of thiazole rings is 1. The van der Waals surface area contributed by atoms with Crippen molar-refractivity contribution in [3.63, 3.8) is 0 Å². The molecule has 1 aliphatic rings. The Morgan fingerprint density at radius 2 is 1.75 bits per heavy atom. The highest BCUT2D eigenvalue weighted by Crippen LogP contribution is 2.38. The van der Waals surface area contributed by atoms with Crippen molar-refractivity contribution in [2.45, 2.75) is 0 Å². The van der Waals surface area contributed by atoms with Gasteiger partial charge in [0.15, 0.2) is 16.6 Å². The fourth-order valence-electron chi connectivity index (χ4n) is 3.63. The quantitative estimate of drug-likeness (QED) is 0.525. The second-order valence-corrected chi connectivity index (χ2v) is 8.20. The summed E-state index contributed by atoms with van der Waals surface area (Å²) in [6.45, 7) is 2.42. The van der Waals surface area contributed by atoms with Crippen LogP contribution in [0.1, 0.15) is 5.56 Å². The van der Waals surface area contributed by atoms with Gasteiger partial charge in [0.1, 0.15) is 11.3 Å². The second kappa shape index (κ2) is 9.44. The predicted molar refractivity (Wildman–Crippen MR) is 124 cm³/mol. The lowest BCUT2D eigenvalue weighted by molar-refractivity contribution is -0.126. The van der Waals surface area contributed by atoms with E-state index in [1.807, 2.05) is 6.07 Å². The van der Waals surface area contributed by atoms with Crippen LogP contribution in [0, 0.1) is 5.82 Å². The number of carbonyl (C=O) groups is 1. The Labute approximate surface area is 189 Å². The highest BCUT2D eigenvalue weighted by atomic mass is 32.1. The zero-order valence-corrected chi connectivity index (χ0v) is 18.9. The molecule has 2 aromatic carbocycles. The lowest BCUT2D eigenvalue weighted by Gasteiger charge is -2.34. The maximum absolute atomic E-state index is 13.9. The summed E-state index contributed by atoms with van der Waals surface area (Å²) >= 11 is 1.47. The van der Waals surface area contributed by atoms with E-state index in [4.69, 9.17) is 14.2 Å². The van der Waals surface area contributed by atoms with E-state index in [1.54, 1.807) is 56.6 Å². The second-order valence-electron chi connectivity index (χ2n) is 7.19. The Balaban J connectivity index is 1.41. The molecule has 3 aromatic rings. The van der Waals surface area contributed by atoms with E-state index in [2.05, 4.69) is 9.88 Å². The minimum atomic E-state index is -0.309. The number of hydrogen-bond donors (Lipinski definition) is 0. The average molecular weight is 458 g/mol. The van der Waals surface area contributed by atoms with Crippen LogP contribution in [0.5, 0.6) is 17.2 Å². The first-order chi connectivity index (χ1) is 15.5. The molecule has 1 saturated heterocycles. The first-order valence-corrected chi connectivity index (χ1v) is 10.9. The number of hydrogen-bond acceptors (Lipinski definition) is 7. The molecule has 0 unspecified atom stereocenters. The Kier molecular flexibility index (Phi) is 6.45. The zero-order chi connectivity index (χ0) is 22.7. The number of fused-ring (bicyclic) bond motifs is 1. The molecule has 0 spiro atoms. The number of para-hydroxylation sites is 1. The van der Waals surface area contributed by atoms with Gasteiger partial charge in [-0.2, -0.15) is 0 Å². The maximum atomic E-state index is 13.9. The molecule has 1 aliphatic heterocycles. The smallest absolute Gasteiger partial charge is 0.246 e. The largest absolute Gasteiger partial charge is 0.493 e. The van der Waals surface area contributed by atoms with E-state index in [9.17, 15) is 9.18 Å². The molecule has 32 heavy (non-hydrogen) atoms. The van der Waals surface area contributed by atoms with Crippen LogP contribution in [-0.4, -0.2) is 63.3 Å². The van der Waals surface area contributed by atoms with Crippen molar-refractivity contribution < 1.29 is 23.4 Å². The number of ether oxygens (including phenoxy) is 3. The summed E-state index contributed by atoms with van der Waals surface area (Å²) < 4.78 is 30.8. The third kappa shape index (κ3) is 4.34. The number of methoxy groups -OCH3 is 3. The van der Waals surface area contributed by atoms with Gasteiger partial charge in [-0.3, -0.25) is 4.79 Å². The van der Waals surface area contributed by atoms with Crippen LogP contribution in [0.4, 0.5) is 9.52 Å². The highest BCUT2D eigenvalue weighted by Gasteiger charge is 2.22. The number of nitrogens with zero attached hydrogens (tertiary/aromatic N) is 3. The molecule has 7 nitrogen and oxygen atoms in total. The molecular weight excluding hydrogens is 433 g/mol. The van der Waals surface area contributed by atoms with Gasteiger partial charge in [0.05, 0.1) is 26.0 Å².